The molecular weight excluding hydrogens is 202 g/mol. The smallest absolute Gasteiger partial charge is 0.142 e. The minimum absolute atomic E-state index is 0.408. The van der Waals surface area contributed by atoms with Crippen molar-refractivity contribution in [1.29, 1.82) is 0 Å². The van der Waals surface area contributed by atoms with Gasteiger partial charge in [0.1, 0.15) is 12.4 Å². The average molecular weight is 219 g/mol. The van der Waals surface area contributed by atoms with Crippen LogP contribution >= 0.6 is 0 Å². The normalized spacial score (nSPS) is 24.0. The zero-order valence-corrected chi connectivity index (χ0v) is 9.39. The zero-order valence-electron chi connectivity index (χ0n) is 9.39. The molecule has 0 aromatic heterocycles. The van der Waals surface area contributed by atoms with E-state index in [1.165, 1.54) is 18.5 Å². The van der Waals surface area contributed by atoms with Crippen LogP contribution in [0.5, 0.6) is 5.75 Å². The van der Waals surface area contributed by atoms with E-state index in [1.54, 1.807) is 0 Å². The number of hydrogen-bond donors (Lipinski definition) is 0. The minimum Gasteiger partial charge on any atom is -0.490 e. The van der Waals surface area contributed by atoms with E-state index < -0.39 is 0 Å². The summed E-state index contributed by atoms with van der Waals surface area (Å²) in [5.41, 5.74) is 1.21. The lowest BCUT2D eigenvalue weighted by Crippen LogP contribution is -2.38. The SMILES string of the molecule is c1ccc2c(c1)OCCN2CC1CCCO1. The van der Waals surface area contributed by atoms with Crippen LogP contribution in [0.1, 0.15) is 12.8 Å². The van der Waals surface area contributed by atoms with E-state index in [0.29, 0.717) is 6.10 Å². The molecular formula is C13H17NO2. The largest absolute Gasteiger partial charge is 0.490 e. The highest BCUT2D eigenvalue weighted by Crippen LogP contribution is 2.31. The van der Waals surface area contributed by atoms with E-state index in [0.717, 1.165) is 32.1 Å². The molecule has 3 heteroatoms. The van der Waals surface area contributed by atoms with Gasteiger partial charge in [-0.1, -0.05) is 12.1 Å². The van der Waals surface area contributed by atoms with E-state index in [1.807, 2.05) is 12.1 Å². The van der Waals surface area contributed by atoms with Gasteiger partial charge in [0.05, 0.1) is 18.3 Å². The number of fused-ring (bicyclic) bond motifs is 1. The van der Waals surface area contributed by atoms with Crippen LogP contribution in [-0.4, -0.2) is 32.4 Å². The summed E-state index contributed by atoms with van der Waals surface area (Å²) in [7, 11) is 0. The molecule has 1 fully saturated rings. The van der Waals surface area contributed by atoms with Crippen LogP contribution in [-0.2, 0) is 4.74 Å². The molecule has 1 aromatic rings. The van der Waals surface area contributed by atoms with E-state index in [2.05, 4.69) is 17.0 Å². The molecule has 1 atom stereocenters. The van der Waals surface area contributed by atoms with Gasteiger partial charge in [0.25, 0.3) is 0 Å². The molecule has 0 bridgehead atoms. The molecule has 16 heavy (non-hydrogen) atoms. The van der Waals surface area contributed by atoms with Crippen molar-refractivity contribution < 1.29 is 9.47 Å². The molecule has 86 valence electrons. The Morgan fingerprint density at radius 1 is 1.25 bits per heavy atom. The van der Waals surface area contributed by atoms with Gasteiger partial charge < -0.3 is 14.4 Å². The molecule has 0 N–H and O–H groups in total. The topological polar surface area (TPSA) is 21.7 Å². The Bertz CT molecular complexity index is 361. The number of nitrogens with zero attached hydrogens (tertiary/aromatic N) is 1. The van der Waals surface area contributed by atoms with E-state index in [9.17, 15) is 0 Å². The number of rotatable bonds is 2. The number of hydrogen-bond acceptors (Lipinski definition) is 3. The highest BCUT2D eigenvalue weighted by atomic mass is 16.5. The van der Waals surface area contributed by atoms with Gasteiger partial charge in [0.2, 0.25) is 0 Å². The second-order valence-corrected chi connectivity index (χ2v) is 4.40. The molecule has 0 saturated carbocycles. The first kappa shape index (κ1) is 9.97. The molecule has 2 aliphatic rings. The van der Waals surface area contributed by atoms with Crippen molar-refractivity contribution in [2.24, 2.45) is 0 Å². The van der Waals surface area contributed by atoms with Crippen molar-refractivity contribution in [1.82, 2.24) is 0 Å². The van der Waals surface area contributed by atoms with Crippen LogP contribution in [0.2, 0.25) is 0 Å². The number of ether oxygens (including phenoxy) is 2. The Kier molecular flexibility index (Phi) is 2.70. The quantitative estimate of drug-likeness (QED) is 0.760. The third-order valence-corrected chi connectivity index (χ3v) is 3.27. The van der Waals surface area contributed by atoms with Crippen molar-refractivity contribution in [2.45, 2.75) is 18.9 Å². The fourth-order valence-electron chi connectivity index (χ4n) is 2.45. The lowest BCUT2D eigenvalue weighted by atomic mass is 10.2. The first-order valence-electron chi connectivity index (χ1n) is 6.02. The maximum Gasteiger partial charge on any atom is 0.142 e. The van der Waals surface area contributed by atoms with Gasteiger partial charge in [-0.05, 0) is 25.0 Å². The van der Waals surface area contributed by atoms with Crippen LogP contribution in [0.25, 0.3) is 0 Å². The zero-order chi connectivity index (χ0) is 10.8. The Labute approximate surface area is 96.0 Å². The predicted molar refractivity (Wildman–Crippen MR) is 63.1 cm³/mol. The molecule has 0 amide bonds. The molecule has 3 nitrogen and oxygen atoms in total. The molecule has 1 unspecified atom stereocenters. The maximum atomic E-state index is 5.69. The fourth-order valence-corrected chi connectivity index (χ4v) is 2.45. The highest BCUT2D eigenvalue weighted by Gasteiger charge is 2.23. The third-order valence-electron chi connectivity index (χ3n) is 3.27. The summed E-state index contributed by atoms with van der Waals surface area (Å²) in [6.45, 7) is 3.68. The lowest BCUT2D eigenvalue weighted by Gasteiger charge is -2.32. The Morgan fingerprint density at radius 3 is 3.06 bits per heavy atom. The van der Waals surface area contributed by atoms with Crippen LogP contribution in [0, 0.1) is 0 Å². The Balaban J connectivity index is 1.76. The van der Waals surface area contributed by atoms with Crippen LogP contribution in [0.3, 0.4) is 0 Å². The van der Waals surface area contributed by atoms with E-state index >= 15 is 0 Å². The van der Waals surface area contributed by atoms with Crippen LogP contribution in [0.15, 0.2) is 24.3 Å². The molecule has 2 heterocycles. The first-order valence-corrected chi connectivity index (χ1v) is 6.02. The third kappa shape index (κ3) is 1.87. The van der Waals surface area contributed by atoms with Crippen LogP contribution < -0.4 is 9.64 Å². The van der Waals surface area contributed by atoms with Gasteiger partial charge in [0.15, 0.2) is 0 Å². The summed E-state index contributed by atoms with van der Waals surface area (Å²) in [5.74, 6) is 1.01. The monoisotopic (exact) mass is 219 g/mol. The standard InChI is InChI=1S/C13H17NO2/c1-2-6-13-12(5-1)14(7-9-16-13)10-11-4-3-8-15-11/h1-2,5-6,11H,3-4,7-10H2. The van der Waals surface area contributed by atoms with Crippen molar-refractivity contribution >= 4 is 5.69 Å². The van der Waals surface area contributed by atoms with Crippen molar-refractivity contribution in [3.63, 3.8) is 0 Å². The summed E-state index contributed by atoms with van der Waals surface area (Å²) in [6.07, 6.45) is 2.81. The van der Waals surface area contributed by atoms with Gasteiger partial charge in [-0.15, -0.1) is 0 Å². The molecule has 0 spiro atoms. The summed E-state index contributed by atoms with van der Waals surface area (Å²) in [4.78, 5) is 2.38. The summed E-state index contributed by atoms with van der Waals surface area (Å²) >= 11 is 0. The van der Waals surface area contributed by atoms with Gasteiger partial charge >= 0.3 is 0 Å². The van der Waals surface area contributed by atoms with Gasteiger partial charge in [0, 0.05) is 13.2 Å². The number of para-hydroxylation sites is 2. The highest BCUT2D eigenvalue weighted by molar-refractivity contribution is 5.59. The maximum absolute atomic E-state index is 5.69. The Hall–Kier alpha value is -1.22. The molecule has 3 rings (SSSR count). The molecule has 0 radical (unpaired) electrons. The molecule has 2 aliphatic heterocycles. The Morgan fingerprint density at radius 2 is 2.19 bits per heavy atom. The second-order valence-electron chi connectivity index (χ2n) is 4.40. The predicted octanol–water partition coefficient (Wildman–Crippen LogP) is 2.06. The van der Waals surface area contributed by atoms with Crippen molar-refractivity contribution in [3.05, 3.63) is 24.3 Å². The average Bonchev–Trinajstić information content (AvgIpc) is 2.82. The van der Waals surface area contributed by atoms with Crippen molar-refractivity contribution in [2.75, 3.05) is 31.2 Å². The first-order chi connectivity index (χ1) is 7.93. The minimum atomic E-state index is 0.408. The molecule has 0 aliphatic carbocycles. The van der Waals surface area contributed by atoms with Crippen molar-refractivity contribution in [3.8, 4) is 5.75 Å². The fraction of sp³-hybridized carbons (Fsp3) is 0.538. The number of anilines is 1. The van der Waals surface area contributed by atoms with Crippen LogP contribution in [0.4, 0.5) is 5.69 Å². The molecule has 1 aromatic carbocycles. The second kappa shape index (κ2) is 4.34. The van der Waals surface area contributed by atoms with Gasteiger partial charge in [-0.25, -0.2) is 0 Å². The lowest BCUT2D eigenvalue weighted by molar-refractivity contribution is 0.114. The number of benzene rings is 1. The summed E-state index contributed by atoms with van der Waals surface area (Å²) < 4.78 is 11.3. The van der Waals surface area contributed by atoms with Gasteiger partial charge in [-0.3, -0.25) is 0 Å². The van der Waals surface area contributed by atoms with E-state index in [4.69, 9.17) is 9.47 Å². The van der Waals surface area contributed by atoms with E-state index in [-0.39, 0.29) is 0 Å². The summed E-state index contributed by atoms with van der Waals surface area (Å²) in [5, 5.41) is 0. The molecule has 1 saturated heterocycles. The summed E-state index contributed by atoms with van der Waals surface area (Å²) in [6, 6.07) is 8.25. The van der Waals surface area contributed by atoms with Gasteiger partial charge in [-0.2, -0.15) is 0 Å².